The van der Waals surface area contributed by atoms with Crippen LogP contribution >= 0.6 is 0 Å². The van der Waals surface area contributed by atoms with Crippen LogP contribution in [-0.4, -0.2) is 23.9 Å². The van der Waals surface area contributed by atoms with Gasteiger partial charge in [0.05, 0.1) is 7.11 Å². The number of phenols is 1. The van der Waals surface area contributed by atoms with Crippen molar-refractivity contribution < 1.29 is 14.9 Å². The van der Waals surface area contributed by atoms with Gasteiger partial charge in [-0.15, -0.1) is 0 Å². The summed E-state index contributed by atoms with van der Waals surface area (Å²) in [4.78, 5) is 0. The predicted octanol–water partition coefficient (Wildman–Crippen LogP) is 3.00. The molecule has 1 unspecified atom stereocenters. The van der Waals surface area contributed by atoms with E-state index in [4.69, 9.17) is 9.84 Å². The van der Waals surface area contributed by atoms with Crippen LogP contribution in [0.2, 0.25) is 0 Å². The van der Waals surface area contributed by atoms with Crippen molar-refractivity contribution >= 4 is 0 Å². The molecule has 0 heterocycles. The first-order valence-electron chi connectivity index (χ1n) is 7.49. The number of aliphatic hydroxyl groups excluding tert-OH is 1. The minimum Gasteiger partial charge on any atom is -0.508 e. The molecule has 2 aromatic carbocycles. The standard InChI is InChI=1S/C18H23NO3/c1-22-16-9-10-18(21)15(12-16)13-19-17(8-5-11-20)14-6-3-2-4-7-14/h2-4,6-7,9-10,12,17,19-21H,5,8,11,13H2,1H3. The first-order valence-corrected chi connectivity index (χ1v) is 7.49. The Morgan fingerprint density at radius 2 is 1.91 bits per heavy atom. The monoisotopic (exact) mass is 301 g/mol. The van der Waals surface area contributed by atoms with Crippen LogP contribution in [-0.2, 0) is 6.54 Å². The molecule has 3 N–H and O–H groups in total. The molecule has 0 amide bonds. The Hall–Kier alpha value is -2.04. The number of aliphatic hydroxyl groups is 1. The maximum atomic E-state index is 9.95. The molecule has 0 saturated carbocycles. The molecule has 1 atom stereocenters. The smallest absolute Gasteiger partial charge is 0.120 e. The van der Waals surface area contributed by atoms with Crippen molar-refractivity contribution in [3.05, 3.63) is 59.7 Å². The highest BCUT2D eigenvalue weighted by Crippen LogP contribution is 2.25. The van der Waals surface area contributed by atoms with Crippen molar-refractivity contribution in [1.82, 2.24) is 5.32 Å². The van der Waals surface area contributed by atoms with Gasteiger partial charge in [-0.05, 0) is 36.6 Å². The zero-order valence-electron chi connectivity index (χ0n) is 12.8. The Balaban J connectivity index is 2.08. The Kier molecular flexibility index (Phi) is 6.25. The van der Waals surface area contributed by atoms with E-state index in [1.807, 2.05) is 24.3 Å². The molecule has 0 radical (unpaired) electrons. The van der Waals surface area contributed by atoms with Gasteiger partial charge in [0.2, 0.25) is 0 Å². The minimum absolute atomic E-state index is 0.138. The van der Waals surface area contributed by atoms with E-state index in [0.717, 1.165) is 24.2 Å². The Morgan fingerprint density at radius 3 is 2.59 bits per heavy atom. The van der Waals surface area contributed by atoms with Crippen LogP contribution in [0.5, 0.6) is 11.5 Å². The predicted molar refractivity (Wildman–Crippen MR) is 87.0 cm³/mol. The fraction of sp³-hybridized carbons (Fsp3) is 0.333. The summed E-state index contributed by atoms with van der Waals surface area (Å²) in [5, 5.41) is 22.5. The number of benzene rings is 2. The topological polar surface area (TPSA) is 61.7 Å². The summed E-state index contributed by atoms with van der Waals surface area (Å²) in [6.45, 7) is 0.712. The first kappa shape index (κ1) is 16.3. The molecule has 0 aliphatic rings. The summed E-state index contributed by atoms with van der Waals surface area (Å²) in [7, 11) is 1.61. The number of hydrogen-bond acceptors (Lipinski definition) is 4. The summed E-state index contributed by atoms with van der Waals surface area (Å²) in [5.74, 6) is 0.975. The van der Waals surface area contributed by atoms with Gasteiger partial charge in [0, 0.05) is 24.8 Å². The van der Waals surface area contributed by atoms with E-state index in [1.165, 1.54) is 5.56 Å². The molecule has 0 aromatic heterocycles. The highest BCUT2D eigenvalue weighted by atomic mass is 16.5. The van der Waals surface area contributed by atoms with E-state index in [1.54, 1.807) is 19.2 Å². The molecule has 0 fully saturated rings. The normalized spacial score (nSPS) is 12.1. The molecular weight excluding hydrogens is 278 g/mol. The van der Waals surface area contributed by atoms with Gasteiger partial charge in [-0.3, -0.25) is 0 Å². The molecular formula is C18H23NO3. The number of methoxy groups -OCH3 is 1. The molecule has 0 bridgehead atoms. The maximum absolute atomic E-state index is 9.95. The van der Waals surface area contributed by atoms with Crippen molar-refractivity contribution in [2.45, 2.75) is 25.4 Å². The summed E-state index contributed by atoms with van der Waals surface area (Å²) in [6, 6.07) is 15.5. The molecule has 4 nitrogen and oxygen atoms in total. The number of rotatable bonds is 8. The highest BCUT2D eigenvalue weighted by molar-refractivity contribution is 5.39. The van der Waals surface area contributed by atoms with Gasteiger partial charge in [-0.2, -0.15) is 0 Å². The lowest BCUT2D eigenvalue weighted by atomic mass is 10.0. The second kappa shape index (κ2) is 8.41. The van der Waals surface area contributed by atoms with Gasteiger partial charge in [0.1, 0.15) is 11.5 Å². The van der Waals surface area contributed by atoms with Crippen LogP contribution in [0.4, 0.5) is 0 Å². The molecule has 0 aliphatic heterocycles. The Morgan fingerprint density at radius 1 is 1.14 bits per heavy atom. The van der Waals surface area contributed by atoms with Gasteiger partial charge in [0.25, 0.3) is 0 Å². The highest BCUT2D eigenvalue weighted by Gasteiger charge is 2.12. The van der Waals surface area contributed by atoms with Gasteiger partial charge in [-0.25, -0.2) is 0 Å². The summed E-state index contributed by atoms with van der Waals surface area (Å²) < 4.78 is 5.19. The minimum atomic E-state index is 0.138. The third-order valence-electron chi connectivity index (χ3n) is 3.68. The number of ether oxygens (including phenoxy) is 1. The quantitative estimate of drug-likeness (QED) is 0.701. The molecule has 118 valence electrons. The van der Waals surface area contributed by atoms with Crippen LogP contribution in [0.3, 0.4) is 0 Å². The van der Waals surface area contributed by atoms with Crippen molar-refractivity contribution in [3.8, 4) is 11.5 Å². The van der Waals surface area contributed by atoms with Crippen LogP contribution in [0.1, 0.15) is 30.0 Å². The molecule has 0 aliphatic carbocycles. The van der Waals surface area contributed by atoms with Gasteiger partial charge in [-0.1, -0.05) is 30.3 Å². The van der Waals surface area contributed by atoms with Crippen molar-refractivity contribution in [3.63, 3.8) is 0 Å². The zero-order valence-corrected chi connectivity index (χ0v) is 12.8. The molecule has 0 spiro atoms. The maximum Gasteiger partial charge on any atom is 0.120 e. The van der Waals surface area contributed by atoms with E-state index >= 15 is 0 Å². The molecule has 2 aromatic rings. The van der Waals surface area contributed by atoms with E-state index in [9.17, 15) is 5.11 Å². The van der Waals surface area contributed by atoms with Crippen molar-refractivity contribution in [1.29, 1.82) is 0 Å². The molecule has 4 heteroatoms. The number of nitrogens with one attached hydrogen (secondary N) is 1. The van der Waals surface area contributed by atoms with E-state index in [2.05, 4.69) is 17.4 Å². The van der Waals surface area contributed by atoms with Gasteiger partial charge in [0.15, 0.2) is 0 Å². The lowest BCUT2D eigenvalue weighted by Gasteiger charge is -2.19. The van der Waals surface area contributed by atoms with E-state index in [-0.39, 0.29) is 18.4 Å². The van der Waals surface area contributed by atoms with Crippen LogP contribution < -0.4 is 10.1 Å². The van der Waals surface area contributed by atoms with E-state index < -0.39 is 0 Å². The van der Waals surface area contributed by atoms with Gasteiger partial charge < -0.3 is 20.3 Å². The summed E-state index contributed by atoms with van der Waals surface area (Å²) in [6.07, 6.45) is 1.57. The van der Waals surface area contributed by atoms with E-state index in [0.29, 0.717) is 6.54 Å². The molecule has 22 heavy (non-hydrogen) atoms. The zero-order chi connectivity index (χ0) is 15.8. The van der Waals surface area contributed by atoms with Gasteiger partial charge >= 0.3 is 0 Å². The molecule has 2 rings (SSSR count). The lowest BCUT2D eigenvalue weighted by Crippen LogP contribution is -2.21. The molecule has 0 saturated heterocycles. The largest absolute Gasteiger partial charge is 0.508 e. The van der Waals surface area contributed by atoms with Crippen LogP contribution in [0, 0.1) is 0 Å². The third-order valence-corrected chi connectivity index (χ3v) is 3.68. The summed E-state index contributed by atoms with van der Waals surface area (Å²) in [5.41, 5.74) is 1.97. The first-order chi connectivity index (χ1) is 10.7. The average molecular weight is 301 g/mol. The Bertz CT molecular complexity index is 572. The SMILES string of the molecule is COc1ccc(O)c(CNC(CCCO)c2ccccc2)c1. The lowest BCUT2D eigenvalue weighted by molar-refractivity contribution is 0.274. The third kappa shape index (κ3) is 4.48. The number of phenolic OH excluding ortho intramolecular Hbond substituents is 1. The van der Waals surface area contributed by atoms with Crippen LogP contribution in [0.15, 0.2) is 48.5 Å². The summed E-state index contributed by atoms with van der Waals surface area (Å²) >= 11 is 0. The van der Waals surface area contributed by atoms with Crippen molar-refractivity contribution in [2.75, 3.05) is 13.7 Å². The van der Waals surface area contributed by atoms with Crippen molar-refractivity contribution in [2.24, 2.45) is 0 Å². The number of aromatic hydroxyl groups is 1. The van der Waals surface area contributed by atoms with Crippen LogP contribution in [0.25, 0.3) is 0 Å². The second-order valence-electron chi connectivity index (χ2n) is 5.20. The fourth-order valence-corrected chi connectivity index (χ4v) is 2.43. The second-order valence-corrected chi connectivity index (χ2v) is 5.20. The fourth-order valence-electron chi connectivity index (χ4n) is 2.43. The Labute approximate surface area is 131 Å². The number of hydrogen-bond donors (Lipinski definition) is 3. The average Bonchev–Trinajstić information content (AvgIpc) is 2.57.